The molecule has 1 aromatic carbocycles. The molecule has 7 nitrogen and oxygen atoms in total. The number of thioether (sulfide) groups is 1. The summed E-state index contributed by atoms with van der Waals surface area (Å²) in [5, 5.41) is 8.58. The zero-order chi connectivity index (χ0) is 20.8. The number of benzene rings is 1. The van der Waals surface area contributed by atoms with Crippen molar-refractivity contribution in [3.63, 3.8) is 0 Å². The minimum absolute atomic E-state index is 0.124. The molecule has 1 aliphatic carbocycles. The third-order valence-electron chi connectivity index (χ3n) is 5.18. The molecule has 0 radical (unpaired) electrons. The first-order chi connectivity index (χ1) is 14.0. The maximum atomic E-state index is 12.9. The lowest BCUT2D eigenvalue weighted by Crippen LogP contribution is -2.46. The second-order valence-corrected chi connectivity index (χ2v) is 8.34. The van der Waals surface area contributed by atoms with Crippen molar-refractivity contribution in [2.75, 3.05) is 20.0 Å². The normalized spacial score (nSPS) is 14.8. The van der Waals surface area contributed by atoms with Gasteiger partial charge in [-0.2, -0.15) is 0 Å². The third-order valence-corrected chi connectivity index (χ3v) is 5.98. The number of rotatable bonds is 8. The van der Waals surface area contributed by atoms with Crippen LogP contribution in [0.4, 0.5) is 0 Å². The lowest BCUT2D eigenvalue weighted by molar-refractivity contribution is -0.133. The molecule has 0 unspecified atom stereocenters. The molecule has 1 amide bonds. The van der Waals surface area contributed by atoms with Gasteiger partial charge in [0, 0.05) is 18.2 Å². The van der Waals surface area contributed by atoms with Gasteiger partial charge >= 0.3 is 0 Å². The fourth-order valence-electron chi connectivity index (χ4n) is 3.82. The van der Waals surface area contributed by atoms with E-state index in [0.717, 1.165) is 12.8 Å². The number of carbonyl (C=O) groups excluding carboxylic acids is 1. The van der Waals surface area contributed by atoms with Crippen molar-refractivity contribution in [2.45, 2.75) is 63.3 Å². The molecule has 29 heavy (non-hydrogen) atoms. The van der Waals surface area contributed by atoms with Crippen LogP contribution < -0.4 is 9.47 Å². The Morgan fingerprint density at radius 1 is 1.21 bits per heavy atom. The predicted molar refractivity (Wildman–Crippen MR) is 112 cm³/mol. The van der Waals surface area contributed by atoms with Gasteiger partial charge in [-0.15, -0.1) is 10.2 Å². The number of amides is 1. The third kappa shape index (κ3) is 5.23. The number of aromatic nitrogens is 2. The molecule has 1 aliphatic rings. The number of hydrogen-bond acceptors (Lipinski definition) is 7. The number of carbonyl (C=O) groups is 1. The molecule has 158 valence electrons. The minimum atomic E-state index is 0.124. The molecule has 0 bridgehead atoms. The Kier molecular flexibility index (Phi) is 7.41. The van der Waals surface area contributed by atoms with Gasteiger partial charge in [0.2, 0.25) is 5.91 Å². The highest BCUT2D eigenvalue weighted by Crippen LogP contribution is 2.34. The molecule has 1 heterocycles. The largest absolute Gasteiger partial charge is 0.497 e. The van der Waals surface area contributed by atoms with Crippen LogP contribution in [0.3, 0.4) is 0 Å². The van der Waals surface area contributed by atoms with Crippen molar-refractivity contribution in [1.29, 1.82) is 0 Å². The molecule has 0 atom stereocenters. The van der Waals surface area contributed by atoms with E-state index in [9.17, 15) is 4.79 Å². The molecular weight excluding hydrogens is 390 g/mol. The van der Waals surface area contributed by atoms with Crippen molar-refractivity contribution in [2.24, 2.45) is 0 Å². The van der Waals surface area contributed by atoms with Gasteiger partial charge < -0.3 is 18.8 Å². The average molecular weight is 420 g/mol. The summed E-state index contributed by atoms with van der Waals surface area (Å²) in [6.07, 6.45) is 5.86. The molecule has 0 spiro atoms. The van der Waals surface area contributed by atoms with Gasteiger partial charge in [0.05, 0.1) is 25.5 Å². The first-order valence-electron chi connectivity index (χ1n) is 10.0. The first kappa shape index (κ1) is 21.5. The van der Waals surface area contributed by atoms with Gasteiger partial charge in [0.15, 0.2) is 0 Å². The Labute approximate surface area is 176 Å². The van der Waals surface area contributed by atoms with Gasteiger partial charge in [-0.05, 0) is 38.8 Å². The van der Waals surface area contributed by atoms with Crippen LogP contribution >= 0.6 is 11.8 Å². The predicted octanol–water partition coefficient (Wildman–Crippen LogP) is 4.42. The highest BCUT2D eigenvalue weighted by Gasteiger charge is 2.28. The highest BCUT2D eigenvalue weighted by molar-refractivity contribution is 7.99. The molecule has 0 aliphatic heterocycles. The quantitative estimate of drug-likeness (QED) is 0.586. The van der Waals surface area contributed by atoms with Crippen LogP contribution in [0, 0.1) is 0 Å². The summed E-state index contributed by atoms with van der Waals surface area (Å²) in [4.78, 5) is 14.9. The molecule has 8 heteroatoms. The van der Waals surface area contributed by atoms with E-state index in [4.69, 9.17) is 13.9 Å². The minimum Gasteiger partial charge on any atom is -0.497 e. The summed E-state index contributed by atoms with van der Waals surface area (Å²) in [5.74, 6) is 2.03. The summed E-state index contributed by atoms with van der Waals surface area (Å²) in [5.41, 5.74) is 0.685. The lowest BCUT2D eigenvalue weighted by Gasteiger charge is -2.37. The highest BCUT2D eigenvalue weighted by atomic mass is 32.2. The van der Waals surface area contributed by atoms with E-state index < -0.39 is 0 Å². The summed E-state index contributed by atoms with van der Waals surface area (Å²) in [6, 6.07) is 5.92. The molecule has 3 rings (SSSR count). The Morgan fingerprint density at radius 2 is 1.97 bits per heavy atom. The molecule has 0 N–H and O–H groups in total. The topological polar surface area (TPSA) is 77.7 Å². The van der Waals surface area contributed by atoms with Crippen LogP contribution in [0.1, 0.15) is 46.0 Å². The molecule has 2 aromatic rings. The Morgan fingerprint density at radius 3 is 2.62 bits per heavy atom. The summed E-state index contributed by atoms with van der Waals surface area (Å²) in [6.45, 7) is 4.16. The first-order valence-corrected chi connectivity index (χ1v) is 11.0. The summed E-state index contributed by atoms with van der Waals surface area (Å²) >= 11 is 1.28. The van der Waals surface area contributed by atoms with Gasteiger partial charge in [0.25, 0.3) is 11.1 Å². The van der Waals surface area contributed by atoms with Crippen molar-refractivity contribution < 1.29 is 18.7 Å². The Hall–Kier alpha value is -2.22. The molecular formula is C21H29N3O4S. The number of methoxy groups -OCH3 is 2. The Balaban J connectivity index is 1.66. The van der Waals surface area contributed by atoms with Crippen molar-refractivity contribution in [1.82, 2.24) is 15.1 Å². The standard InChI is InChI=1S/C21H29N3O4S/c1-14(2)24(15-8-6-5-7-9-15)19(25)13-29-21-23-22-20(28-21)17-11-10-16(26-3)12-18(17)27-4/h10-12,14-15H,5-9,13H2,1-4H3. The van der Waals surface area contributed by atoms with E-state index in [-0.39, 0.29) is 17.7 Å². The monoisotopic (exact) mass is 419 g/mol. The number of nitrogens with zero attached hydrogens (tertiary/aromatic N) is 3. The molecule has 1 saturated carbocycles. The lowest BCUT2D eigenvalue weighted by atomic mass is 9.93. The van der Waals surface area contributed by atoms with E-state index in [2.05, 4.69) is 24.0 Å². The zero-order valence-corrected chi connectivity index (χ0v) is 18.3. The molecule has 0 saturated heterocycles. The van der Waals surface area contributed by atoms with Crippen LogP contribution in [0.5, 0.6) is 11.5 Å². The van der Waals surface area contributed by atoms with E-state index in [1.807, 2.05) is 17.0 Å². The summed E-state index contributed by atoms with van der Waals surface area (Å²) < 4.78 is 16.4. The average Bonchev–Trinajstić information content (AvgIpc) is 3.21. The van der Waals surface area contributed by atoms with E-state index in [1.165, 1.54) is 31.0 Å². The number of ether oxygens (including phenoxy) is 2. The smallest absolute Gasteiger partial charge is 0.277 e. The van der Waals surface area contributed by atoms with E-state index in [1.54, 1.807) is 20.3 Å². The number of hydrogen-bond donors (Lipinski definition) is 0. The van der Waals surface area contributed by atoms with Gasteiger partial charge in [-0.1, -0.05) is 31.0 Å². The van der Waals surface area contributed by atoms with Crippen LogP contribution in [0.15, 0.2) is 27.8 Å². The fraction of sp³-hybridized carbons (Fsp3) is 0.571. The van der Waals surface area contributed by atoms with Crippen molar-refractivity contribution in [3.8, 4) is 23.0 Å². The second kappa shape index (κ2) is 10.0. The molecule has 1 aromatic heterocycles. The fourth-order valence-corrected chi connectivity index (χ4v) is 4.46. The summed E-state index contributed by atoms with van der Waals surface area (Å²) in [7, 11) is 3.18. The van der Waals surface area contributed by atoms with Crippen LogP contribution in [-0.4, -0.2) is 53.1 Å². The van der Waals surface area contributed by atoms with Crippen LogP contribution in [0.2, 0.25) is 0 Å². The van der Waals surface area contributed by atoms with Gasteiger partial charge in [-0.25, -0.2) is 0 Å². The Bertz CT molecular complexity index is 818. The second-order valence-electron chi connectivity index (χ2n) is 7.41. The molecule has 1 fully saturated rings. The maximum absolute atomic E-state index is 12.9. The van der Waals surface area contributed by atoms with Crippen molar-refractivity contribution >= 4 is 17.7 Å². The van der Waals surface area contributed by atoms with Gasteiger partial charge in [-0.3, -0.25) is 4.79 Å². The van der Waals surface area contributed by atoms with Crippen LogP contribution in [-0.2, 0) is 4.79 Å². The SMILES string of the molecule is COc1ccc(-c2nnc(SCC(=O)N(C(C)C)C3CCCCC3)o2)c(OC)c1. The van der Waals surface area contributed by atoms with Crippen LogP contribution in [0.25, 0.3) is 11.5 Å². The van der Waals surface area contributed by atoms with Gasteiger partial charge in [0.1, 0.15) is 11.5 Å². The zero-order valence-electron chi connectivity index (χ0n) is 17.5. The van der Waals surface area contributed by atoms with E-state index >= 15 is 0 Å². The van der Waals surface area contributed by atoms with E-state index in [0.29, 0.717) is 34.2 Å². The maximum Gasteiger partial charge on any atom is 0.277 e. The van der Waals surface area contributed by atoms with Crippen molar-refractivity contribution in [3.05, 3.63) is 18.2 Å².